The van der Waals surface area contributed by atoms with E-state index in [1.54, 1.807) is 0 Å². The van der Waals surface area contributed by atoms with Gasteiger partial charge >= 0.3 is 0 Å². The summed E-state index contributed by atoms with van der Waals surface area (Å²) in [6.45, 7) is 9.35. The van der Waals surface area contributed by atoms with E-state index in [1.165, 1.54) is 0 Å². The number of carbonyl (C=O) groups is 1. The Morgan fingerprint density at radius 1 is 1.30 bits per heavy atom. The fraction of sp³-hybridized carbons (Fsp3) is 0.273. The van der Waals surface area contributed by atoms with Gasteiger partial charge in [0.25, 0.3) is 0 Å². The highest BCUT2D eigenvalue weighted by Crippen LogP contribution is 2.34. The molecule has 0 radical (unpaired) electrons. The molecule has 1 aromatic heterocycles. The van der Waals surface area contributed by atoms with Crippen molar-refractivity contribution in [1.29, 1.82) is 0 Å². The Labute approximate surface area is 164 Å². The van der Waals surface area contributed by atoms with E-state index >= 15 is 0 Å². The van der Waals surface area contributed by atoms with Gasteiger partial charge in [0.1, 0.15) is 5.82 Å². The van der Waals surface area contributed by atoms with E-state index in [2.05, 4.69) is 17.2 Å². The molecule has 2 aromatic carbocycles. The van der Waals surface area contributed by atoms with Crippen molar-refractivity contribution in [2.75, 3.05) is 11.4 Å². The van der Waals surface area contributed by atoms with Gasteiger partial charge in [-0.1, -0.05) is 42.0 Å². The second kappa shape index (κ2) is 6.86. The fourth-order valence-electron chi connectivity index (χ4n) is 3.72. The molecule has 5 heteroatoms. The molecule has 1 aliphatic rings. The lowest BCUT2D eigenvalue weighted by Gasteiger charge is -2.18. The van der Waals surface area contributed by atoms with Gasteiger partial charge in [0.15, 0.2) is 0 Å². The van der Waals surface area contributed by atoms with Crippen LogP contribution < -0.4 is 4.90 Å². The number of anilines is 1. The van der Waals surface area contributed by atoms with Crippen molar-refractivity contribution in [2.24, 2.45) is 0 Å². The summed E-state index contributed by atoms with van der Waals surface area (Å²) in [5.74, 6) is 1.10. The second-order valence-electron chi connectivity index (χ2n) is 7.34. The molecule has 0 saturated carbocycles. The number of rotatable bonds is 4. The van der Waals surface area contributed by atoms with Crippen molar-refractivity contribution in [3.63, 3.8) is 0 Å². The minimum Gasteiger partial charge on any atom is -0.324 e. The van der Waals surface area contributed by atoms with Crippen LogP contribution in [-0.2, 0) is 11.3 Å². The molecule has 0 bridgehead atoms. The molecule has 0 unspecified atom stereocenters. The second-order valence-corrected chi connectivity index (χ2v) is 7.75. The third-order valence-electron chi connectivity index (χ3n) is 5.07. The molecule has 2 heterocycles. The number of allylic oxidation sites excluding steroid dienone is 1. The van der Waals surface area contributed by atoms with Gasteiger partial charge in [0, 0.05) is 36.1 Å². The van der Waals surface area contributed by atoms with Crippen molar-refractivity contribution < 1.29 is 4.79 Å². The molecule has 1 amide bonds. The third-order valence-corrected chi connectivity index (χ3v) is 5.48. The summed E-state index contributed by atoms with van der Waals surface area (Å²) in [6, 6.07) is 13.9. The van der Waals surface area contributed by atoms with Crippen LogP contribution in [0, 0.1) is 6.92 Å². The van der Waals surface area contributed by atoms with E-state index in [0.717, 1.165) is 33.7 Å². The summed E-state index contributed by atoms with van der Waals surface area (Å²) in [4.78, 5) is 19.4. The zero-order valence-electron chi connectivity index (χ0n) is 15.6. The van der Waals surface area contributed by atoms with E-state index < -0.39 is 0 Å². The number of benzene rings is 2. The van der Waals surface area contributed by atoms with E-state index in [0.29, 0.717) is 24.5 Å². The summed E-state index contributed by atoms with van der Waals surface area (Å²) in [5, 5.41) is 0.679. The maximum absolute atomic E-state index is 12.7. The zero-order chi connectivity index (χ0) is 19.1. The molecule has 0 aliphatic carbocycles. The number of hydrogen-bond donors (Lipinski definition) is 0. The molecule has 3 aromatic rings. The smallest absolute Gasteiger partial charge is 0.227 e. The van der Waals surface area contributed by atoms with Gasteiger partial charge in [0.05, 0.1) is 11.0 Å². The van der Waals surface area contributed by atoms with Crippen molar-refractivity contribution in [2.45, 2.75) is 32.7 Å². The average Bonchev–Trinajstić information content (AvgIpc) is 3.18. The largest absolute Gasteiger partial charge is 0.324 e. The van der Waals surface area contributed by atoms with Crippen LogP contribution in [0.2, 0.25) is 5.02 Å². The van der Waals surface area contributed by atoms with Crippen LogP contribution >= 0.6 is 11.6 Å². The first-order chi connectivity index (χ1) is 12.9. The average molecular weight is 380 g/mol. The number of aromatic nitrogens is 2. The van der Waals surface area contributed by atoms with E-state index in [1.807, 2.05) is 55.1 Å². The SMILES string of the molecule is C=C(C)Cn1c([C@@H]2CC(=O)N(c3ccc(C)c(Cl)c3)C2)nc2ccccc21. The van der Waals surface area contributed by atoms with Crippen molar-refractivity contribution in [3.8, 4) is 0 Å². The Morgan fingerprint density at radius 3 is 2.81 bits per heavy atom. The Morgan fingerprint density at radius 2 is 2.07 bits per heavy atom. The van der Waals surface area contributed by atoms with Gasteiger partial charge in [-0.15, -0.1) is 0 Å². The molecule has 0 spiro atoms. The van der Waals surface area contributed by atoms with Crippen LogP contribution in [0.1, 0.15) is 30.7 Å². The van der Waals surface area contributed by atoms with E-state index in [-0.39, 0.29) is 11.8 Å². The highest BCUT2D eigenvalue weighted by atomic mass is 35.5. The summed E-state index contributed by atoms with van der Waals surface area (Å²) < 4.78 is 2.20. The quantitative estimate of drug-likeness (QED) is 0.592. The molecule has 1 aliphatic heterocycles. The van der Waals surface area contributed by atoms with Gasteiger partial charge < -0.3 is 9.47 Å². The van der Waals surface area contributed by atoms with Crippen molar-refractivity contribution in [1.82, 2.24) is 9.55 Å². The minimum atomic E-state index is 0.0457. The number of nitrogens with zero attached hydrogens (tertiary/aromatic N) is 3. The normalized spacial score (nSPS) is 17.1. The van der Waals surface area contributed by atoms with Crippen LogP contribution in [0.4, 0.5) is 5.69 Å². The van der Waals surface area contributed by atoms with Gasteiger partial charge in [-0.2, -0.15) is 0 Å². The molecule has 4 rings (SSSR count). The highest BCUT2D eigenvalue weighted by Gasteiger charge is 2.35. The molecule has 27 heavy (non-hydrogen) atoms. The molecule has 1 atom stereocenters. The predicted octanol–water partition coefficient (Wildman–Crippen LogP) is 5.09. The summed E-state index contributed by atoms with van der Waals surface area (Å²) in [7, 11) is 0. The summed E-state index contributed by atoms with van der Waals surface area (Å²) >= 11 is 6.27. The molecule has 138 valence electrons. The Hall–Kier alpha value is -2.59. The number of fused-ring (bicyclic) bond motifs is 1. The number of amides is 1. The Kier molecular flexibility index (Phi) is 4.52. The van der Waals surface area contributed by atoms with Crippen LogP contribution in [0.5, 0.6) is 0 Å². The topological polar surface area (TPSA) is 38.1 Å². The van der Waals surface area contributed by atoms with Gasteiger partial charge in [-0.25, -0.2) is 4.98 Å². The van der Waals surface area contributed by atoms with E-state index in [9.17, 15) is 4.79 Å². The van der Waals surface area contributed by atoms with Gasteiger partial charge in [0.2, 0.25) is 5.91 Å². The molecule has 4 nitrogen and oxygen atoms in total. The van der Waals surface area contributed by atoms with Crippen molar-refractivity contribution in [3.05, 3.63) is 71.0 Å². The lowest BCUT2D eigenvalue weighted by molar-refractivity contribution is -0.117. The minimum absolute atomic E-state index is 0.0457. The van der Waals surface area contributed by atoms with Crippen LogP contribution in [0.25, 0.3) is 11.0 Å². The standard InChI is InChI=1S/C22H22ClN3O/c1-14(2)12-26-20-7-5-4-6-19(20)24-22(26)16-10-21(27)25(13-16)17-9-8-15(3)18(23)11-17/h4-9,11,16H,1,10,12-13H2,2-3H3/t16-/m1/s1. The first kappa shape index (κ1) is 17.8. The van der Waals surface area contributed by atoms with Gasteiger partial charge in [-0.3, -0.25) is 4.79 Å². The number of hydrogen-bond acceptors (Lipinski definition) is 2. The number of imidazole rings is 1. The lowest BCUT2D eigenvalue weighted by atomic mass is 10.1. The predicted molar refractivity (Wildman–Crippen MR) is 110 cm³/mol. The first-order valence-corrected chi connectivity index (χ1v) is 9.48. The van der Waals surface area contributed by atoms with Crippen LogP contribution in [0.3, 0.4) is 0 Å². The highest BCUT2D eigenvalue weighted by molar-refractivity contribution is 6.31. The van der Waals surface area contributed by atoms with E-state index in [4.69, 9.17) is 16.6 Å². The number of carbonyl (C=O) groups excluding carboxylic acids is 1. The lowest BCUT2D eigenvalue weighted by Crippen LogP contribution is -2.24. The molecule has 1 saturated heterocycles. The fourth-order valence-corrected chi connectivity index (χ4v) is 3.90. The molecule has 0 N–H and O–H groups in total. The van der Waals surface area contributed by atoms with Gasteiger partial charge in [-0.05, 0) is 43.7 Å². The third kappa shape index (κ3) is 3.26. The Balaban J connectivity index is 1.71. The molecule has 1 fully saturated rings. The van der Waals surface area contributed by atoms with Crippen molar-refractivity contribution >= 4 is 34.2 Å². The maximum atomic E-state index is 12.7. The number of aryl methyl sites for hydroxylation is 1. The summed E-state index contributed by atoms with van der Waals surface area (Å²) in [5.41, 5.74) is 4.95. The maximum Gasteiger partial charge on any atom is 0.227 e. The van der Waals surface area contributed by atoms with Crippen LogP contribution in [0.15, 0.2) is 54.6 Å². The number of halogens is 1. The first-order valence-electron chi connectivity index (χ1n) is 9.10. The molecular weight excluding hydrogens is 358 g/mol. The number of para-hydroxylation sites is 2. The van der Waals surface area contributed by atoms with Crippen LogP contribution in [-0.4, -0.2) is 22.0 Å². The summed E-state index contributed by atoms with van der Waals surface area (Å²) in [6.07, 6.45) is 0.449. The molecular formula is C22H22ClN3O. The monoisotopic (exact) mass is 379 g/mol. The Bertz CT molecular complexity index is 1050. The zero-order valence-corrected chi connectivity index (χ0v) is 16.3.